The van der Waals surface area contributed by atoms with Crippen LogP contribution in [-0.4, -0.2) is 23.9 Å². The fourth-order valence-corrected chi connectivity index (χ4v) is 2.78. The second-order valence-electron chi connectivity index (χ2n) is 5.73. The minimum Gasteiger partial charge on any atom is -0.339 e. The fraction of sp³-hybridized carbons (Fsp3) is 0.562. The highest BCUT2D eigenvalue weighted by molar-refractivity contribution is 5.94. The monoisotopic (exact) mass is 260 g/mol. The number of amides is 1. The fourth-order valence-electron chi connectivity index (χ4n) is 2.78. The van der Waals surface area contributed by atoms with E-state index in [2.05, 4.69) is 6.92 Å². The molecule has 1 fully saturated rings. The minimum atomic E-state index is 0.128. The molecule has 2 rings (SSSR count). The third-order valence-electron chi connectivity index (χ3n) is 4.29. The first kappa shape index (κ1) is 14.1. The molecule has 1 saturated carbocycles. The van der Waals surface area contributed by atoms with Crippen LogP contribution in [0.25, 0.3) is 0 Å². The van der Waals surface area contributed by atoms with Gasteiger partial charge in [0.1, 0.15) is 0 Å². The number of carbonyl (C=O) groups excluding carboxylic acids is 1. The van der Waals surface area contributed by atoms with Crippen molar-refractivity contribution in [2.24, 2.45) is 11.7 Å². The minimum absolute atomic E-state index is 0.128. The van der Waals surface area contributed by atoms with Gasteiger partial charge in [0.05, 0.1) is 0 Å². The second-order valence-corrected chi connectivity index (χ2v) is 5.73. The number of rotatable bonds is 3. The van der Waals surface area contributed by atoms with Crippen LogP contribution >= 0.6 is 0 Å². The molecule has 1 aromatic rings. The van der Waals surface area contributed by atoms with E-state index in [4.69, 9.17) is 5.73 Å². The Morgan fingerprint density at radius 1 is 1.21 bits per heavy atom. The van der Waals surface area contributed by atoms with E-state index in [1.807, 2.05) is 36.2 Å². The number of hydrogen-bond acceptors (Lipinski definition) is 2. The van der Waals surface area contributed by atoms with Crippen LogP contribution in [-0.2, 0) is 6.54 Å². The normalized spacial score (nSPS) is 23.1. The summed E-state index contributed by atoms with van der Waals surface area (Å²) in [6, 6.07) is 8.03. The summed E-state index contributed by atoms with van der Waals surface area (Å²) in [5.41, 5.74) is 7.39. The lowest BCUT2D eigenvalue weighted by atomic mass is 9.86. The molecule has 1 aliphatic rings. The van der Waals surface area contributed by atoms with Crippen molar-refractivity contribution in [1.29, 1.82) is 0 Å². The van der Waals surface area contributed by atoms with Gasteiger partial charge in [0.2, 0.25) is 0 Å². The first-order valence-electron chi connectivity index (χ1n) is 7.18. The van der Waals surface area contributed by atoms with Crippen molar-refractivity contribution in [2.75, 3.05) is 7.05 Å². The lowest BCUT2D eigenvalue weighted by Gasteiger charge is -2.33. The zero-order valence-electron chi connectivity index (χ0n) is 11.9. The highest BCUT2D eigenvalue weighted by Gasteiger charge is 2.25. The molecule has 0 aromatic heterocycles. The summed E-state index contributed by atoms with van der Waals surface area (Å²) in [5.74, 6) is 0.937. The van der Waals surface area contributed by atoms with Crippen molar-refractivity contribution in [3.8, 4) is 0 Å². The summed E-state index contributed by atoms with van der Waals surface area (Å²) in [7, 11) is 1.93. The molecule has 1 amide bonds. The summed E-state index contributed by atoms with van der Waals surface area (Å²) in [5, 5.41) is 0. The number of nitrogens with zero attached hydrogens (tertiary/aromatic N) is 1. The molecule has 3 heteroatoms. The SMILES string of the molecule is CC1CCC(N(C)C(=O)c2ccc(CN)cc2)CC1. The molecule has 0 spiro atoms. The Hall–Kier alpha value is -1.35. The van der Waals surface area contributed by atoms with Gasteiger partial charge in [-0.15, -0.1) is 0 Å². The predicted molar refractivity (Wildman–Crippen MR) is 77.8 cm³/mol. The summed E-state index contributed by atoms with van der Waals surface area (Å²) >= 11 is 0. The summed E-state index contributed by atoms with van der Waals surface area (Å²) in [4.78, 5) is 14.3. The number of nitrogens with two attached hydrogens (primary N) is 1. The molecule has 104 valence electrons. The van der Waals surface area contributed by atoms with E-state index in [1.165, 1.54) is 12.8 Å². The average Bonchev–Trinajstić information content (AvgIpc) is 2.46. The first-order chi connectivity index (χ1) is 9.11. The number of carbonyl (C=O) groups is 1. The molecule has 1 aliphatic carbocycles. The molecule has 0 saturated heterocycles. The Balaban J connectivity index is 2.01. The predicted octanol–water partition coefficient (Wildman–Crippen LogP) is 2.80. The molecule has 0 aliphatic heterocycles. The van der Waals surface area contributed by atoms with Crippen LogP contribution in [0.15, 0.2) is 24.3 Å². The van der Waals surface area contributed by atoms with Gasteiger partial charge in [0.25, 0.3) is 5.91 Å². The molecular formula is C16H24N2O. The van der Waals surface area contributed by atoms with Crippen molar-refractivity contribution in [1.82, 2.24) is 4.90 Å². The van der Waals surface area contributed by atoms with Crippen molar-refractivity contribution in [2.45, 2.75) is 45.2 Å². The lowest BCUT2D eigenvalue weighted by Crippen LogP contribution is -2.39. The quantitative estimate of drug-likeness (QED) is 0.908. The van der Waals surface area contributed by atoms with E-state index in [-0.39, 0.29) is 5.91 Å². The summed E-state index contributed by atoms with van der Waals surface area (Å²) in [6.07, 6.45) is 4.72. The highest BCUT2D eigenvalue weighted by Crippen LogP contribution is 2.27. The molecule has 3 nitrogen and oxygen atoms in total. The Morgan fingerprint density at radius 2 is 1.79 bits per heavy atom. The van der Waals surface area contributed by atoms with Gasteiger partial charge in [-0.05, 0) is 49.3 Å². The van der Waals surface area contributed by atoms with Crippen LogP contribution in [0, 0.1) is 5.92 Å². The summed E-state index contributed by atoms with van der Waals surface area (Å²) in [6.45, 7) is 2.81. The highest BCUT2D eigenvalue weighted by atomic mass is 16.2. The van der Waals surface area contributed by atoms with E-state index in [9.17, 15) is 4.79 Å². The van der Waals surface area contributed by atoms with Gasteiger partial charge in [-0.2, -0.15) is 0 Å². The van der Waals surface area contributed by atoms with E-state index in [0.29, 0.717) is 12.6 Å². The van der Waals surface area contributed by atoms with E-state index in [0.717, 1.165) is 29.9 Å². The third-order valence-corrected chi connectivity index (χ3v) is 4.29. The van der Waals surface area contributed by atoms with E-state index < -0.39 is 0 Å². The summed E-state index contributed by atoms with van der Waals surface area (Å²) < 4.78 is 0. The Bertz CT molecular complexity index is 419. The van der Waals surface area contributed by atoms with Crippen molar-refractivity contribution in [3.05, 3.63) is 35.4 Å². The van der Waals surface area contributed by atoms with Crippen molar-refractivity contribution >= 4 is 5.91 Å². The Morgan fingerprint density at radius 3 is 2.32 bits per heavy atom. The lowest BCUT2D eigenvalue weighted by molar-refractivity contribution is 0.0679. The van der Waals surface area contributed by atoms with Gasteiger partial charge < -0.3 is 10.6 Å². The van der Waals surface area contributed by atoms with Crippen LogP contribution in [0.5, 0.6) is 0 Å². The molecule has 2 N–H and O–H groups in total. The number of benzene rings is 1. The smallest absolute Gasteiger partial charge is 0.253 e. The molecular weight excluding hydrogens is 236 g/mol. The zero-order valence-corrected chi connectivity index (χ0v) is 11.9. The van der Waals surface area contributed by atoms with Crippen LogP contribution in [0.2, 0.25) is 0 Å². The Kier molecular flexibility index (Phi) is 4.59. The molecule has 0 atom stereocenters. The van der Waals surface area contributed by atoms with Crippen LogP contribution in [0.4, 0.5) is 0 Å². The maximum Gasteiger partial charge on any atom is 0.253 e. The van der Waals surface area contributed by atoms with Gasteiger partial charge in [-0.1, -0.05) is 19.1 Å². The zero-order chi connectivity index (χ0) is 13.8. The van der Waals surface area contributed by atoms with E-state index >= 15 is 0 Å². The second kappa shape index (κ2) is 6.20. The topological polar surface area (TPSA) is 46.3 Å². The number of hydrogen-bond donors (Lipinski definition) is 1. The standard InChI is InChI=1S/C16H24N2O/c1-12-3-9-15(10-4-12)18(2)16(19)14-7-5-13(11-17)6-8-14/h5-8,12,15H,3-4,9-11,17H2,1-2H3. The molecule has 1 aromatic carbocycles. The van der Waals surface area contributed by atoms with E-state index in [1.54, 1.807) is 0 Å². The molecule has 0 radical (unpaired) electrons. The van der Waals surface area contributed by atoms with Crippen molar-refractivity contribution < 1.29 is 4.79 Å². The molecule has 0 heterocycles. The van der Waals surface area contributed by atoms with Gasteiger partial charge in [-0.3, -0.25) is 4.79 Å². The van der Waals surface area contributed by atoms with Crippen molar-refractivity contribution in [3.63, 3.8) is 0 Å². The first-order valence-corrected chi connectivity index (χ1v) is 7.18. The van der Waals surface area contributed by atoms with Crippen LogP contribution < -0.4 is 5.73 Å². The molecule has 0 bridgehead atoms. The maximum absolute atomic E-state index is 12.4. The average molecular weight is 260 g/mol. The van der Waals surface area contributed by atoms with Crippen LogP contribution in [0.3, 0.4) is 0 Å². The van der Waals surface area contributed by atoms with Gasteiger partial charge in [-0.25, -0.2) is 0 Å². The largest absolute Gasteiger partial charge is 0.339 e. The maximum atomic E-state index is 12.4. The molecule has 0 unspecified atom stereocenters. The van der Waals surface area contributed by atoms with Gasteiger partial charge in [0, 0.05) is 25.2 Å². The Labute approximate surface area is 115 Å². The molecule has 19 heavy (non-hydrogen) atoms. The third kappa shape index (κ3) is 3.35. The van der Waals surface area contributed by atoms with Gasteiger partial charge >= 0.3 is 0 Å². The van der Waals surface area contributed by atoms with Crippen LogP contribution in [0.1, 0.15) is 48.5 Å². The van der Waals surface area contributed by atoms with Gasteiger partial charge in [0.15, 0.2) is 0 Å².